The zero-order valence-corrected chi connectivity index (χ0v) is 19.3. The summed E-state index contributed by atoms with van der Waals surface area (Å²) < 4.78 is 35.7. The second-order valence-electron chi connectivity index (χ2n) is 7.45. The molecule has 8 heteroatoms. The Hall–Kier alpha value is -2.03. The van der Waals surface area contributed by atoms with Crippen LogP contribution in [0.3, 0.4) is 0 Å². The van der Waals surface area contributed by atoms with Crippen LogP contribution in [-0.4, -0.2) is 26.2 Å². The number of thioether (sulfide) groups is 1. The monoisotopic (exact) mass is 448 g/mol. The fourth-order valence-electron chi connectivity index (χ4n) is 3.80. The van der Waals surface area contributed by atoms with Gasteiger partial charge in [-0.2, -0.15) is 0 Å². The molecule has 1 atom stereocenters. The van der Waals surface area contributed by atoms with E-state index < -0.39 is 21.7 Å². The van der Waals surface area contributed by atoms with Crippen LogP contribution in [0.4, 0.5) is 5.69 Å². The molecule has 2 N–H and O–H groups in total. The van der Waals surface area contributed by atoms with Gasteiger partial charge in [-0.05, 0) is 43.4 Å². The van der Waals surface area contributed by atoms with Crippen LogP contribution in [0.25, 0.3) is 0 Å². The maximum Gasteiger partial charge on any atom is 0.241 e. The largest absolute Gasteiger partial charge is 0.487 e. The Balaban J connectivity index is 1.97. The number of anilines is 1. The highest BCUT2D eigenvalue weighted by Gasteiger charge is 2.40. The summed E-state index contributed by atoms with van der Waals surface area (Å²) >= 11 is 1.44. The Kier molecular flexibility index (Phi) is 6.79. The molecular weight excluding hydrogens is 420 g/mol. The molecule has 162 valence electrons. The molecule has 1 amide bonds. The predicted octanol–water partition coefficient (Wildman–Crippen LogP) is 4.73. The maximum atomic E-state index is 13.3. The molecule has 3 rings (SSSR count). The number of carbonyl (C=O) groups excluding carboxylic acids is 1. The number of rotatable bonds is 7. The van der Waals surface area contributed by atoms with E-state index >= 15 is 0 Å². The maximum absolute atomic E-state index is 13.3. The number of nitrogens with one attached hydrogen (secondary N) is 2. The van der Waals surface area contributed by atoms with Crippen molar-refractivity contribution in [3.8, 4) is 5.75 Å². The van der Waals surface area contributed by atoms with Crippen LogP contribution in [-0.2, 0) is 14.8 Å². The van der Waals surface area contributed by atoms with Gasteiger partial charge in [-0.3, -0.25) is 4.79 Å². The number of para-hydroxylation sites is 1. The van der Waals surface area contributed by atoms with E-state index in [0.717, 1.165) is 29.1 Å². The molecule has 2 aromatic rings. The summed E-state index contributed by atoms with van der Waals surface area (Å²) in [6.45, 7) is 5.52. The highest BCUT2D eigenvalue weighted by molar-refractivity contribution is 7.98. The fourth-order valence-corrected chi connectivity index (χ4v) is 5.58. The first-order valence-electron chi connectivity index (χ1n) is 9.99. The van der Waals surface area contributed by atoms with Crippen molar-refractivity contribution >= 4 is 33.4 Å². The standard InChI is InChI=1S/C22H28N2O4S2/c1-5-22(6-2)14-19(17-9-7-8-10-20(17)28-22)24-30(26,27)16-11-12-21(29-4)18(13-16)23-15(3)25/h7-13,19,24H,5-6,14H2,1-4H3,(H,23,25)/t19-/m0/s1. The molecule has 30 heavy (non-hydrogen) atoms. The molecule has 0 saturated heterocycles. The van der Waals surface area contributed by atoms with Crippen molar-refractivity contribution in [2.75, 3.05) is 11.6 Å². The van der Waals surface area contributed by atoms with Gasteiger partial charge in [0.25, 0.3) is 0 Å². The number of benzene rings is 2. The van der Waals surface area contributed by atoms with Crippen molar-refractivity contribution in [1.82, 2.24) is 4.72 Å². The summed E-state index contributed by atoms with van der Waals surface area (Å²) in [6, 6.07) is 12.0. The van der Waals surface area contributed by atoms with Crippen LogP contribution in [0.5, 0.6) is 5.75 Å². The number of hydrogen-bond donors (Lipinski definition) is 2. The molecule has 0 fully saturated rings. The van der Waals surface area contributed by atoms with Crippen LogP contribution in [0.15, 0.2) is 52.3 Å². The summed E-state index contributed by atoms with van der Waals surface area (Å²) in [5.74, 6) is 0.471. The number of fused-ring (bicyclic) bond motifs is 1. The molecule has 0 spiro atoms. The molecule has 0 bridgehead atoms. The smallest absolute Gasteiger partial charge is 0.241 e. The third kappa shape index (κ3) is 4.66. The zero-order chi connectivity index (χ0) is 21.9. The molecule has 0 aromatic heterocycles. The molecule has 1 aliphatic heterocycles. The first-order valence-corrected chi connectivity index (χ1v) is 12.7. The van der Waals surface area contributed by atoms with Crippen molar-refractivity contribution < 1.29 is 17.9 Å². The summed E-state index contributed by atoms with van der Waals surface area (Å²) in [4.78, 5) is 12.5. The number of amides is 1. The van der Waals surface area contributed by atoms with Gasteiger partial charge in [0.05, 0.1) is 16.6 Å². The topological polar surface area (TPSA) is 84.5 Å². The van der Waals surface area contributed by atoms with Crippen molar-refractivity contribution in [1.29, 1.82) is 0 Å². The minimum Gasteiger partial charge on any atom is -0.487 e. The van der Waals surface area contributed by atoms with E-state index in [1.165, 1.54) is 24.8 Å². The lowest BCUT2D eigenvalue weighted by atomic mass is 9.84. The van der Waals surface area contributed by atoms with Crippen LogP contribution >= 0.6 is 11.8 Å². The van der Waals surface area contributed by atoms with Crippen LogP contribution in [0.2, 0.25) is 0 Å². The molecular formula is C22H28N2O4S2. The Morgan fingerprint density at radius 2 is 1.90 bits per heavy atom. The first kappa shape index (κ1) is 22.7. The Labute approximate surface area is 182 Å². The third-order valence-corrected chi connectivity index (χ3v) is 7.84. The number of hydrogen-bond acceptors (Lipinski definition) is 5. The Morgan fingerprint density at radius 3 is 2.53 bits per heavy atom. The molecule has 0 radical (unpaired) electrons. The predicted molar refractivity (Wildman–Crippen MR) is 121 cm³/mol. The van der Waals surface area contributed by atoms with Gasteiger partial charge in [-0.15, -0.1) is 11.8 Å². The van der Waals surface area contributed by atoms with E-state index in [1.54, 1.807) is 12.1 Å². The van der Waals surface area contributed by atoms with E-state index in [1.807, 2.05) is 30.5 Å². The highest BCUT2D eigenvalue weighted by atomic mass is 32.2. The summed E-state index contributed by atoms with van der Waals surface area (Å²) in [6.07, 6.45) is 4.00. The van der Waals surface area contributed by atoms with E-state index in [0.29, 0.717) is 12.1 Å². The lowest BCUT2D eigenvalue weighted by Gasteiger charge is -2.41. The minimum absolute atomic E-state index is 0.117. The third-order valence-electron chi connectivity index (χ3n) is 5.58. The SMILES string of the molecule is CCC1(CC)C[C@H](NS(=O)(=O)c2ccc(SC)c(NC(C)=O)c2)c2ccccc2O1. The van der Waals surface area contributed by atoms with Gasteiger partial charge < -0.3 is 10.1 Å². The summed E-state index contributed by atoms with van der Waals surface area (Å²) in [7, 11) is -3.82. The van der Waals surface area contributed by atoms with Crippen molar-refractivity contribution in [3.63, 3.8) is 0 Å². The number of sulfonamides is 1. The van der Waals surface area contributed by atoms with Gasteiger partial charge in [0.2, 0.25) is 15.9 Å². The lowest BCUT2D eigenvalue weighted by molar-refractivity contribution is -0.114. The van der Waals surface area contributed by atoms with Crippen molar-refractivity contribution in [2.45, 2.75) is 61.5 Å². The van der Waals surface area contributed by atoms with Crippen LogP contribution in [0.1, 0.15) is 51.6 Å². The second kappa shape index (κ2) is 8.99. The molecule has 0 saturated carbocycles. The second-order valence-corrected chi connectivity index (χ2v) is 10.0. The lowest BCUT2D eigenvalue weighted by Crippen LogP contribution is -2.44. The van der Waals surface area contributed by atoms with Gasteiger partial charge in [0.15, 0.2) is 0 Å². The van der Waals surface area contributed by atoms with Gasteiger partial charge in [-0.1, -0.05) is 32.0 Å². The Morgan fingerprint density at radius 1 is 1.20 bits per heavy atom. The van der Waals surface area contributed by atoms with Crippen molar-refractivity contribution in [2.24, 2.45) is 0 Å². The van der Waals surface area contributed by atoms with Crippen LogP contribution < -0.4 is 14.8 Å². The first-order chi connectivity index (χ1) is 14.2. The summed E-state index contributed by atoms with van der Waals surface area (Å²) in [5, 5.41) is 2.72. The minimum atomic E-state index is -3.82. The highest BCUT2D eigenvalue weighted by Crippen LogP contribution is 2.43. The zero-order valence-electron chi connectivity index (χ0n) is 17.7. The van der Waals surface area contributed by atoms with E-state index in [9.17, 15) is 13.2 Å². The average molecular weight is 449 g/mol. The molecule has 1 aliphatic rings. The van der Waals surface area contributed by atoms with E-state index in [-0.39, 0.29) is 10.8 Å². The fraction of sp³-hybridized carbons (Fsp3) is 0.409. The average Bonchev–Trinajstić information content (AvgIpc) is 2.72. The van der Waals surface area contributed by atoms with Gasteiger partial charge >= 0.3 is 0 Å². The molecule has 6 nitrogen and oxygen atoms in total. The normalized spacial score (nSPS) is 17.7. The van der Waals surface area contributed by atoms with Gasteiger partial charge in [0, 0.05) is 23.8 Å². The van der Waals surface area contributed by atoms with E-state index in [2.05, 4.69) is 23.9 Å². The molecule has 2 aromatic carbocycles. The quantitative estimate of drug-likeness (QED) is 0.598. The molecule has 1 heterocycles. The van der Waals surface area contributed by atoms with Gasteiger partial charge in [0.1, 0.15) is 11.4 Å². The summed E-state index contributed by atoms with van der Waals surface area (Å²) in [5.41, 5.74) is 0.911. The Bertz CT molecular complexity index is 1030. The van der Waals surface area contributed by atoms with Crippen LogP contribution in [0, 0.1) is 0 Å². The van der Waals surface area contributed by atoms with Gasteiger partial charge in [-0.25, -0.2) is 13.1 Å². The molecule has 0 aliphatic carbocycles. The number of ether oxygens (including phenoxy) is 1. The van der Waals surface area contributed by atoms with Crippen molar-refractivity contribution in [3.05, 3.63) is 48.0 Å². The van der Waals surface area contributed by atoms with E-state index in [4.69, 9.17) is 4.74 Å². The number of carbonyl (C=O) groups is 1. The molecule has 0 unspecified atom stereocenters.